The van der Waals surface area contributed by atoms with Crippen LogP contribution in [0.2, 0.25) is 0 Å². The molecule has 1 aliphatic heterocycles. The summed E-state index contributed by atoms with van der Waals surface area (Å²) in [5.41, 5.74) is 2.15. The molecule has 0 spiro atoms. The van der Waals surface area contributed by atoms with E-state index in [-0.39, 0.29) is 23.7 Å². The van der Waals surface area contributed by atoms with Gasteiger partial charge in [-0.2, -0.15) is 0 Å². The minimum Gasteiger partial charge on any atom is -0.349 e. The molecule has 1 aromatic rings. The number of halogens is 1. The molecule has 1 saturated heterocycles. The summed E-state index contributed by atoms with van der Waals surface area (Å²) < 4.78 is 13.3. The second-order valence-electron chi connectivity index (χ2n) is 5.82. The van der Waals surface area contributed by atoms with Crippen LogP contribution in [-0.4, -0.2) is 19.0 Å². The third-order valence-corrected chi connectivity index (χ3v) is 4.45. The lowest BCUT2D eigenvalue weighted by atomic mass is 9.87. The van der Waals surface area contributed by atoms with Crippen molar-refractivity contribution in [1.29, 1.82) is 0 Å². The molecule has 2 aliphatic rings. The van der Waals surface area contributed by atoms with Gasteiger partial charge in [0.25, 0.3) is 0 Å². The van der Waals surface area contributed by atoms with E-state index in [1.165, 1.54) is 6.07 Å². The van der Waals surface area contributed by atoms with Crippen LogP contribution in [0.4, 0.5) is 4.39 Å². The summed E-state index contributed by atoms with van der Waals surface area (Å²) in [5.74, 6) is 0.102. The third-order valence-electron chi connectivity index (χ3n) is 4.45. The maximum atomic E-state index is 13.3. The molecule has 1 atom stereocenters. The molecule has 1 unspecified atom stereocenters. The molecular formula is C16H21FN2O. The van der Waals surface area contributed by atoms with E-state index >= 15 is 0 Å². The highest BCUT2D eigenvalue weighted by atomic mass is 19.1. The number of fused-ring (bicyclic) bond motifs is 1. The van der Waals surface area contributed by atoms with Gasteiger partial charge in [0.1, 0.15) is 5.82 Å². The molecule has 1 amide bonds. The van der Waals surface area contributed by atoms with E-state index in [4.69, 9.17) is 0 Å². The Morgan fingerprint density at radius 2 is 2.05 bits per heavy atom. The lowest BCUT2D eigenvalue weighted by Crippen LogP contribution is -2.40. The minimum atomic E-state index is -0.186. The van der Waals surface area contributed by atoms with Crippen LogP contribution < -0.4 is 10.6 Å². The molecule has 20 heavy (non-hydrogen) atoms. The van der Waals surface area contributed by atoms with Crippen molar-refractivity contribution in [2.24, 2.45) is 5.92 Å². The third kappa shape index (κ3) is 2.85. The van der Waals surface area contributed by atoms with E-state index in [9.17, 15) is 9.18 Å². The molecule has 1 aliphatic carbocycles. The summed E-state index contributed by atoms with van der Waals surface area (Å²) in [6, 6.07) is 4.99. The number of aryl methyl sites for hydroxylation is 1. The van der Waals surface area contributed by atoms with E-state index < -0.39 is 0 Å². The summed E-state index contributed by atoms with van der Waals surface area (Å²) in [4.78, 5) is 12.3. The normalized spacial score (nSPS) is 23.1. The second kappa shape index (κ2) is 5.92. The van der Waals surface area contributed by atoms with Crippen molar-refractivity contribution < 1.29 is 9.18 Å². The Morgan fingerprint density at radius 1 is 1.25 bits per heavy atom. The summed E-state index contributed by atoms with van der Waals surface area (Å²) in [5, 5.41) is 6.45. The van der Waals surface area contributed by atoms with Gasteiger partial charge in [-0.15, -0.1) is 0 Å². The summed E-state index contributed by atoms with van der Waals surface area (Å²) in [7, 11) is 0. The molecule has 3 nitrogen and oxygen atoms in total. The number of benzene rings is 1. The van der Waals surface area contributed by atoms with E-state index in [2.05, 4.69) is 10.6 Å². The van der Waals surface area contributed by atoms with E-state index in [0.29, 0.717) is 0 Å². The summed E-state index contributed by atoms with van der Waals surface area (Å²) >= 11 is 0. The number of carbonyl (C=O) groups excluding carboxylic acids is 1. The minimum absolute atomic E-state index is 0.0572. The molecule has 0 saturated carbocycles. The zero-order valence-electron chi connectivity index (χ0n) is 11.6. The van der Waals surface area contributed by atoms with Crippen molar-refractivity contribution in [2.45, 2.75) is 38.1 Å². The molecule has 1 heterocycles. The van der Waals surface area contributed by atoms with Crippen LogP contribution in [0.1, 0.15) is 42.9 Å². The SMILES string of the molecule is O=C(NC1CCCc2cc(F)ccc21)C1CCNCC1. The van der Waals surface area contributed by atoms with Crippen LogP contribution in [0.15, 0.2) is 18.2 Å². The van der Waals surface area contributed by atoms with Crippen LogP contribution in [0.25, 0.3) is 0 Å². The summed E-state index contributed by atoms with van der Waals surface area (Å²) in [6.07, 6.45) is 4.69. The fourth-order valence-electron chi connectivity index (χ4n) is 3.31. The smallest absolute Gasteiger partial charge is 0.223 e. The lowest BCUT2D eigenvalue weighted by Gasteiger charge is -2.29. The van der Waals surface area contributed by atoms with E-state index in [0.717, 1.165) is 56.3 Å². The molecule has 0 aromatic heterocycles. The summed E-state index contributed by atoms with van der Waals surface area (Å²) in [6.45, 7) is 1.84. The van der Waals surface area contributed by atoms with Gasteiger partial charge in [-0.3, -0.25) is 4.79 Å². The monoisotopic (exact) mass is 276 g/mol. The molecule has 3 rings (SSSR count). The van der Waals surface area contributed by atoms with Crippen molar-refractivity contribution in [2.75, 3.05) is 13.1 Å². The van der Waals surface area contributed by atoms with Crippen LogP contribution >= 0.6 is 0 Å². The largest absolute Gasteiger partial charge is 0.349 e. The zero-order valence-corrected chi connectivity index (χ0v) is 11.6. The molecule has 4 heteroatoms. The Hall–Kier alpha value is -1.42. The molecule has 0 bridgehead atoms. The number of piperidine rings is 1. The first-order valence-corrected chi connectivity index (χ1v) is 7.53. The molecule has 1 fully saturated rings. The van der Waals surface area contributed by atoms with Gasteiger partial charge in [0.15, 0.2) is 0 Å². The van der Waals surface area contributed by atoms with Gasteiger partial charge in [0.2, 0.25) is 5.91 Å². The molecule has 0 radical (unpaired) electrons. The Morgan fingerprint density at radius 3 is 2.85 bits per heavy atom. The van der Waals surface area contributed by atoms with Crippen LogP contribution in [0.3, 0.4) is 0 Å². The van der Waals surface area contributed by atoms with Crippen molar-refractivity contribution in [3.8, 4) is 0 Å². The van der Waals surface area contributed by atoms with Gasteiger partial charge in [0.05, 0.1) is 6.04 Å². The molecule has 1 aromatic carbocycles. The van der Waals surface area contributed by atoms with E-state index in [1.54, 1.807) is 6.07 Å². The first-order chi connectivity index (χ1) is 9.74. The van der Waals surface area contributed by atoms with Crippen LogP contribution in [0, 0.1) is 11.7 Å². The number of carbonyl (C=O) groups is 1. The average molecular weight is 276 g/mol. The number of nitrogens with one attached hydrogen (secondary N) is 2. The maximum absolute atomic E-state index is 13.3. The van der Waals surface area contributed by atoms with Crippen molar-refractivity contribution in [3.05, 3.63) is 35.1 Å². The van der Waals surface area contributed by atoms with Crippen molar-refractivity contribution in [1.82, 2.24) is 10.6 Å². The predicted octanol–water partition coefficient (Wildman–Crippen LogP) is 2.32. The first-order valence-electron chi connectivity index (χ1n) is 7.53. The Labute approximate surface area is 118 Å². The predicted molar refractivity (Wildman–Crippen MR) is 75.8 cm³/mol. The number of hydrogen-bond donors (Lipinski definition) is 2. The van der Waals surface area contributed by atoms with Crippen LogP contribution in [-0.2, 0) is 11.2 Å². The van der Waals surface area contributed by atoms with Gasteiger partial charge in [0, 0.05) is 5.92 Å². The highest BCUT2D eigenvalue weighted by Crippen LogP contribution is 2.30. The van der Waals surface area contributed by atoms with Gasteiger partial charge in [-0.25, -0.2) is 4.39 Å². The molecule has 108 valence electrons. The fourth-order valence-corrected chi connectivity index (χ4v) is 3.31. The number of amides is 1. The van der Waals surface area contributed by atoms with Gasteiger partial charge in [-0.05, 0) is 68.5 Å². The Kier molecular flexibility index (Phi) is 4.01. The Balaban J connectivity index is 1.71. The highest BCUT2D eigenvalue weighted by molar-refractivity contribution is 5.79. The lowest BCUT2D eigenvalue weighted by molar-refractivity contribution is -0.126. The number of hydrogen-bond acceptors (Lipinski definition) is 2. The fraction of sp³-hybridized carbons (Fsp3) is 0.562. The quantitative estimate of drug-likeness (QED) is 0.870. The van der Waals surface area contributed by atoms with Crippen molar-refractivity contribution >= 4 is 5.91 Å². The maximum Gasteiger partial charge on any atom is 0.223 e. The molecule has 2 N–H and O–H groups in total. The van der Waals surface area contributed by atoms with Gasteiger partial charge >= 0.3 is 0 Å². The number of rotatable bonds is 2. The zero-order chi connectivity index (χ0) is 13.9. The van der Waals surface area contributed by atoms with Crippen molar-refractivity contribution in [3.63, 3.8) is 0 Å². The highest BCUT2D eigenvalue weighted by Gasteiger charge is 2.26. The Bertz CT molecular complexity index is 497. The van der Waals surface area contributed by atoms with Gasteiger partial charge in [-0.1, -0.05) is 6.07 Å². The van der Waals surface area contributed by atoms with E-state index in [1.807, 2.05) is 6.07 Å². The van der Waals surface area contributed by atoms with Crippen LogP contribution in [0.5, 0.6) is 0 Å². The standard InChI is InChI=1S/C16H21FN2O/c17-13-4-5-14-12(10-13)2-1-3-15(14)19-16(20)11-6-8-18-9-7-11/h4-5,10-11,15,18H,1-3,6-9H2,(H,19,20). The van der Waals surface area contributed by atoms with Gasteiger partial charge < -0.3 is 10.6 Å². The topological polar surface area (TPSA) is 41.1 Å². The second-order valence-corrected chi connectivity index (χ2v) is 5.82. The molecular weight excluding hydrogens is 255 g/mol. The average Bonchev–Trinajstić information content (AvgIpc) is 2.48. The first kappa shape index (κ1) is 13.6.